The van der Waals surface area contributed by atoms with Crippen molar-refractivity contribution in [1.82, 2.24) is 5.32 Å². The molecular weight excluding hydrogens is 222 g/mol. The first kappa shape index (κ1) is 14.0. The van der Waals surface area contributed by atoms with Crippen molar-refractivity contribution in [2.24, 2.45) is 5.92 Å². The Bertz CT molecular complexity index is 252. The average molecular weight is 251 g/mol. The number of piperidine rings is 2. The molecule has 0 aromatic heterocycles. The van der Waals surface area contributed by atoms with E-state index in [2.05, 4.69) is 12.2 Å². The van der Waals surface area contributed by atoms with Gasteiger partial charge in [0, 0.05) is 24.4 Å². The molecule has 0 saturated carbocycles. The highest BCUT2D eigenvalue weighted by atomic mass is 16.1. The van der Waals surface area contributed by atoms with E-state index in [4.69, 9.17) is 0 Å². The van der Waals surface area contributed by atoms with E-state index in [1.165, 1.54) is 44.9 Å². The summed E-state index contributed by atoms with van der Waals surface area (Å²) < 4.78 is 0. The fraction of sp³-hybridized carbons (Fsp3) is 0.938. The van der Waals surface area contributed by atoms with Crippen LogP contribution in [0.2, 0.25) is 0 Å². The lowest BCUT2D eigenvalue weighted by Crippen LogP contribution is -2.50. The topological polar surface area (TPSA) is 29.1 Å². The van der Waals surface area contributed by atoms with E-state index in [1.54, 1.807) is 0 Å². The SMILES string of the molecule is CCCCCCCC(=O)C1CC2CCCC(C1)N2. The van der Waals surface area contributed by atoms with Crippen LogP contribution in [0, 0.1) is 5.92 Å². The molecular formula is C16H29NO. The Hall–Kier alpha value is -0.370. The zero-order valence-corrected chi connectivity index (χ0v) is 11.9. The van der Waals surface area contributed by atoms with Crippen molar-refractivity contribution in [2.45, 2.75) is 89.6 Å². The smallest absolute Gasteiger partial charge is 0.136 e. The molecule has 104 valence electrons. The monoisotopic (exact) mass is 251 g/mol. The van der Waals surface area contributed by atoms with Crippen LogP contribution in [0.25, 0.3) is 0 Å². The number of carbonyl (C=O) groups excluding carboxylic acids is 1. The van der Waals surface area contributed by atoms with Crippen LogP contribution < -0.4 is 5.32 Å². The number of fused-ring (bicyclic) bond motifs is 2. The van der Waals surface area contributed by atoms with Crippen LogP contribution in [0.1, 0.15) is 77.6 Å². The number of rotatable bonds is 7. The number of carbonyl (C=O) groups is 1. The molecule has 2 nitrogen and oxygen atoms in total. The van der Waals surface area contributed by atoms with Crippen molar-refractivity contribution >= 4 is 5.78 Å². The number of Topliss-reactive ketones (excluding diaryl/α,β-unsaturated/α-hetero) is 1. The van der Waals surface area contributed by atoms with Gasteiger partial charge in [0.1, 0.15) is 5.78 Å². The second-order valence-electron chi connectivity index (χ2n) is 6.29. The third kappa shape index (κ3) is 4.08. The molecule has 0 amide bonds. The fourth-order valence-corrected chi connectivity index (χ4v) is 3.64. The Kier molecular flexibility index (Phi) is 5.68. The minimum Gasteiger partial charge on any atom is -0.311 e. The molecule has 2 heteroatoms. The predicted octanol–water partition coefficient (Wildman–Crippen LogP) is 3.84. The summed E-state index contributed by atoms with van der Waals surface area (Å²) >= 11 is 0. The van der Waals surface area contributed by atoms with Gasteiger partial charge in [-0.15, -0.1) is 0 Å². The maximum Gasteiger partial charge on any atom is 0.136 e. The van der Waals surface area contributed by atoms with Gasteiger partial charge in [0.25, 0.3) is 0 Å². The van der Waals surface area contributed by atoms with Gasteiger partial charge in [0.15, 0.2) is 0 Å². The lowest BCUT2D eigenvalue weighted by atomic mass is 9.77. The number of nitrogens with one attached hydrogen (secondary N) is 1. The van der Waals surface area contributed by atoms with E-state index >= 15 is 0 Å². The Labute approximate surface area is 112 Å². The van der Waals surface area contributed by atoms with Crippen LogP contribution in [-0.4, -0.2) is 17.9 Å². The van der Waals surface area contributed by atoms with Crippen molar-refractivity contribution in [3.8, 4) is 0 Å². The van der Waals surface area contributed by atoms with Gasteiger partial charge in [-0.1, -0.05) is 39.0 Å². The van der Waals surface area contributed by atoms with Gasteiger partial charge in [0.05, 0.1) is 0 Å². The summed E-state index contributed by atoms with van der Waals surface area (Å²) in [4.78, 5) is 12.2. The number of hydrogen-bond donors (Lipinski definition) is 1. The standard InChI is InChI=1S/C16H29NO/c1-2-3-4-5-6-10-16(18)13-11-14-8-7-9-15(12-13)17-14/h13-15,17H,2-12H2,1H3. The van der Waals surface area contributed by atoms with Gasteiger partial charge in [-0.2, -0.15) is 0 Å². The molecule has 1 N–H and O–H groups in total. The first-order valence-corrected chi connectivity index (χ1v) is 8.08. The molecule has 0 aromatic rings. The molecule has 18 heavy (non-hydrogen) atoms. The molecule has 2 atom stereocenters. The van der Waals surface area contributed by atoms with E-state index in [1.807, 2.05) is 0 Å². The van der Waals surface area contributed by atoms with E-state index in [9.17, 15) is 4.79 Å². The molecule has 2 fully saturated rings. The molecule has 2 aliphatic rings. The van der Waals surface area contributed by atoms with Crippen molar-refractivity contribution in [2.75, 3.05) is 0 Å². The zero-order chi connectivity index (χ0) is 12.8. The highest BCUT2D eigenvalue weighted by molar-refractivity contribution is 5.81. The Morgan fingerprint density at radius 2 is 1.72 bits per heavy atom. The normalized spacial score (nSPS) is 31.3. The van der Waals surface area contributed by atoms with Crippen LogP contribution >= 0.6 is 0 Å². The average Bonchev–Trinajstić information content (AvgIpc) is 2.38. The molecule has 2 bridgehead atoms. The minimum atomic E-state index is 0.382. The molecule has 2 heterocycles. The third-order valence-electron chi connectivity index (χ3n) is 4.70. The molecule has 0 radical (unpaired) electrons. The van der Waals surface area contributed by atoms with Crippen LogP contribution in [0.4, 0.5) is 0 Å². The van der Waals surface area contributed by atoms with E-state index in [0.29, 0.717) is 23.8 Å². The molecule has 2 rings (SSSR count). The third-order valence-corrected chi connectivity index (χ3v) is 4.70. The Morgan fingerprint density at radius 1 is 1.06 bits per heavy atom. The first-order chi connectivity index (χ1) is 8.79. The highest BCUT2D eigenvalue weighted by Crippen LogP contribution is 2.31. The van der Waals surface area contributed by atoms with Crippen molar-refractivity contribution < 1.29 is 4.79 Å². The number of unbranched alkanes of at least 4 members (excludes halogenated alkanes) is 4. The van der Waals surface area contributed by atoms with Crippen LogP contribution in [0.15, 0.2) is 0 Å². The first-order valence-electron chi connectivity index (χ1n) is 8.08. The summed E-state index contributed by atoms with van der Waals surface area (Å²) in [6.07, 6.45) is 13.3. The number of ketones is 1. The summed E-state index contributed by atoms with van der Waals surface area (Å²) in [5.74, 6) is 0.942. The lowest BCUT2D eigenvalue weighted by molar-refractivity contribution is -0.124. The maximum absolute atomic E-state index is 12.2. The summed E-state index contributed by atoms with van der Waals surface area (Å²) in [5, 5.41) is 3.67. The van der Waals surface area contributed by atoms with E-state index < -0.39 is 0 Å². The van der Waals surface area contributed by atoms with E-state index in [0.717, 1.165) is 25.7 Å². The Morgan fingerprint density at radius 3 is 2.39 bits per heavy atom. The summed E-state index contributed by atoms with van der Waals surface area (Å²) in [6.45, 7) is 2.24. The van der Waals surface area contributed by atoms with Crippen LogP contribution in [-0.2, 0) is 4.79 Å². The summed E-state index contributed by atoms with van der Waals surface area (Å²) in [7, 11) is 0. The number of hydrogen-bond acceptors (Lipinski definition) is 2. The molecule has 2 unspecified atom stereocenters. The quantitative estimate of drug-likeness (QED) is 0.697. The van der Waals surface area contributed by atoms with Gasteiger partial charge >= 0.3 is 0 Å². The summed E-state index contributed by atoms with van der Waals surface area (Å²) in [5.41, 5.74) is 0. The van der Waals surface area contributed by atoms with Gasteiger partial charge in [0.2, 0.25) is 0 Å². The zero-order valence-electron chi connectivity index (χ0n) is 11.9. The summed E-state index contributed by atoms with van der Waals surface area (Å²) in [6, 6.07) is 1.29. The minimum absolute atomic E-state index is 0.382. The van der Waals surface area contributed by atoms with Crippen molar-refractivity contribution in [1.29, 1.82) is 0 Å². The second-order valence-corrected chi connectivity index (χ2v) is 6.29. The maximum atomic E-state index is 12.2. The highest BCUT2D eigenvalue weighted by Gasteiger charge is 2.33. The van der Waals surface area contributed by atoms with Crippen LogP contribution in [0.3, 0.4) is 0 Å². The van der Waals surface area contributed by atoms with Crippen LogP contribution in [0.5, 0.6) is 0 Å². The van der Waals surface area contributed by atoms with Gasteiger partial charge in [-0.3, -0.25) is 4.79 Å². The largest absolute Gasteiger partial charge is 0.311 e. The predicted molar refractivity (Wildman–Crippen MR) is 75.7 cm³/mol. The van der Waals surface area contributed by atoms with Gasteiger partial charge in [-0.25, -0.2) is 0 Å². The van der Waals surface area contributed by atoms with Crippen molar-refractivity contribution in [3.63, 3.8) is 0 Å². The molecule has 2 saturated heterocycles. The lowest BCUT2D eigenvalue weighted by Gasteiger charge is -2.39. The van der Waals surface area contributed by atoms with Gasteiger partial charge in [-0.05, 0) is 32.1 Å². The molecule has 0 aromatic carbocycles. The Balaban J connectivity index is 1.66. The second kappa shape index (κ2) is 7.28. The molecule has 0 aliphatic carbocycles. The fourth-order valence-electron chi connectivity index (χ4n) is 3.64. The van der Waals surface area contributed by atoms with E-state index in [-0.39, 0.29) is 0 Å². The van der Waals surface area contributed by atoms with Crippen molar-refractivity contribution in [3.05, 3.63) is 0 Å². The molecule has 2 aliphatic heterocycles. The van der Waals surface area contributed by atoms with Gasteiger partial charge < -0.3 is 5.32 Å². The molecule has 0 spiro atoms.